The van der Waals surface area contributed by atoms with Crippen LogP contribution in [-0.4, -0.2) is 39.3 Å². The van der Waals surface area contributed by atoms with Crippen LogP contribution in [0.25, 0.3) is 10.2 Å². The van der Waals surface area contributed by atoms with Gasteiger partial charge in [-0.25, -0.2) is 13.4 Å². The van der Waals surface area contributed by atoms with Crippen molar-refractivity contribution in [2.24, 2.45) is 0 Å². The fourth-order valence-corrected chi connectivity index (χ4v) is 6.12. The second-order valence-corrected chi connectivity index (χ2v) is 11.1. The average Bonchev–Trinajstić information content (AvgIpc) is 3.31. The third kappa shape index (κ3) is 5.98. The van der Waals surface area contributed by atoms with Gasteiger partial charge >= 0.3 is 0 Å². The Morgan fingerprint density at radius 1 is 0.886 bits per heavy atom. The van der Waals surface area contributed by atoms with Crippen LogP contribution in [0.4, 0.5) is 5.13 Å². The van der Waals surface area contributed by atoms with Crippen molar-refractivity contribution in [3.63, 3.8) is 0 Å². The van der Waals surface area contributed by atoms with E-state index in [0.29, 0.717) is 27.7 Å². The molecule has 1 amide bonds. The molecule has 1 aromatic heterocycles. The standard InChI is InChI=1S/C26H26N2O5S2/c1-32-21-13-14-22(33-2)25-24(21)27-26(34-25)28(17-19-9-5-3-6-10-19)23(29)15-16-35(30,31)18-20-11-7-4-8-12-20/h3-14H,15-18H2,1-2H3. The summed E-state index contributed by atoms with van der Waals surface area (Å²) < 4.78 is 37.1. The maximum atomic E-state index is 13.4. The molecule has 0 fully saturated rings. The van der Waals surface area contributed by atoms with E-state index in [4.69, 9.17) is 14.5 Å². The van der Waals surface area contributed by atoms with Crippen LogP contribution in [0.1, 0.15) is 17.5 Å². The molecule has 0 saturated heterocycles. The van der Waals surface area contributed by atoms with Crippen molar-refractivity contribution in [2.45, 2.75) is 18.7 Å². The number of hydrogen-bond donors (Lipinski definition) is 0. The third-order valence-electron chi connectivity index (χ3n) is 5.47. The van der Waals surface area contributed by atoms with Crippen molar-refractivity contribution in [3.8, 4) is 11.5 Å². The second kappa shape index (κ2) is 10.9. The molecule has 0 saturated carbocycles. The first-order chi connectivity index (χ1) is 16.9. The largest absolute Gasteiger partial charge is 0.495 e. The molecular weight excluding hydrogens is 484 g/mol. The first-order valence-electron chi connectivity index (χ1n) is 11.0. The molecule has 0 aliphatic heterocycles. The molecule has 0 aliphatic carbocycles. The number of nitrogens with zero attached hydrogens (tertiary/aromatic N) is 2. The fourth-order valence-electron chi connectivity index (χ4n) is 3.70. The van der Waals surface area contributed by atoms with E-state index < -0.39 is 9.84 Å². The van der Waals surface area contributed by atoms with Crippen LogP contribution in [0.3, 0.4) is 0 Å². The lowest BCUT2D eigenvalue weighted by atomic mass is 10.2. The van der Waals surface area contributed by atoms with Crippen LogP contribution < -0.4 is 14.4 Å². The van der Waals surface area contributed by atoms with E-state index >= 15 is 0 Å². The molecule has 0 spiro atoms. The Bertz CT molecular complexity index is 1360. The van der Waals surface area contributed by atoms with Gasteiger partial charge in [0.1, 0.15) is 21.7 Å². The summed E-state index contributed by atoms with van der Waals surface area (Å²) in [6, 6.07) is 22.1. The van der Waals surface area contributed by atoms with Crippen molar-refractivity contribution in [2.75, 3.05) is 24.9 Å². The molecule has 7 nitrogen and oxygen atoms in total. The summed E-state index contributed by atoms with van der Waals surface area (Å²) in [6.45, 7) is 0.267. The highest BCUT2D eigenvalue weighted by atomic mass is 32.2. The third-order valence-corrected chi connectivity index (χ3v) is 8.16. The van der Waals surface area contributed by atoms with Crippen LogP contribution in [0.5, 0.6) is 11.5 Å². The monoisotopic (exact) mass is 510 g/mol. The Labute approximate surface area is 208 Å². The van der Waals surface area contributed by atoms with E-state index in [2.05, 4.69) is 0 Å². The van der Waals surface area contributed by atoms with Gasteiger partial charge in [0.15, 0.2) is 15.0 Å². The van der Waals surface area contributed by atoms with E-state index in [0.717, 1.165) is 10.3 Å². The highest BCUT2D eigenvalue weighted by molar-refractivity contribution is 7.90. The number of methoxy groups -OCH3 is 2. The number of thiazole rings is 1. The molecule has 4 rings (SSSR count). The number of fused-ring (bicyclic) bond motifs is 1. The summed E-state index contributed by atoms with van der Waals surface area (Å²) in [7, 11) is -0.334. The molecule has 0 bridgehead atoms. The van der Waals surface area contributed by atoms with Gasteiger partial charge in [-0.05, 0) is 23.3 Å². The summed E-state index contributed by atoms with van der Waals surface area (Å²) in [4.78, 5) is 19.6. The van der Waals surface area contributed by atoms with Gasteiger partial charge in [0.05, 0.1) is 32.3 Å². The second-order valence-electron chi connectivity index (χ2n) is 7.94. The zero-order valence-corrected chi connectivity index (χ0v) is 21.1. The molecule has 0 radical (unpaired) electrons. The van der Waals surface area contributed by atoms with E-state index in [-0.39, 0.29) is 30.4 Å². The molecule has 0 unspecified atom stereocenters. The number of sulfone groups is 1. The average molecular weight is 511 g/mol. The maximum Gasteiger partial charge on any atom is 0.230 e. The zero-order valence-electron chi connectivity index (χ0n) is 19.5. The summed E-state index contributed by atoms with van der Waals surface area (Å²) in [5.74, 6) is 0.532. The maximum absolute atomic E-state index is 13.4. The Kier molecular flexibility index (Phi) is 7.67. The Hall–Kier alpha value is -3.43. The molecule has 0 N–H and O–H groups in total. The number of carbonyl (C=O) groups excluding carboxylic acids is 1. The molecule has 9 heteroatoms. The highest BCUT2D eigenvalue weighted by Crippen LogP contribution is 2.40. The van der Waals surface area contributed by atoms with Crippen LogP contribution in [-0.2, 0) is 26.9 Å². The molecule has 182 valence electrons. The number of aromatic nitrogens is 1. The molecule has 35 heavy (non-hydrogen) atoms. The van der Waals surface area contributed by atoms with Crippen molar-refractivity contribution in [1.29, 1.82) is 0 Å². The van der Waals surface area contributed by atoms with E-state index in [9.17, 15) is 13.2 Å². The zero-order chi connectivity index (χ0) is 24.8. The van der Waals surface area contributed by atoms with Crippen molar-refractivity contribution in [1.82, 2.24) is 4.98 Å². The number of ether oxygens (including phenoxy) is 2. The van der Waals surface area contributed by atoms with Crippen LogP contribution >= 0.6 is 11.3 Å². The smallest absolute Gasteiger partial charge is 0.230 e. The van der Waals surface area contributed by atoms with Gasteiger partial charge in [-0.15, -0.1) is 0 Å². The minimum atomic E-state index is -3.47. The summed E-state index contributed by atoms with van der Waals surface area (Å²) >= 11 is 1.31. The molecule has 3 aromatic carbocycles. The topological polar surface area (TPSA) is 85.8 Å². The SMILES string of the molecule is COc1ccc(OC)c2sc(N(Cc3ccccc3)C(=O)CCS(=O)(=O)Cc3ccccc3)nc12. The number of anilines is 1. The predicted molar refractivity (Wildman–Crippen MR) is 139 cm³/mol. The Morgan fingerprint density at radius 3 is 2.11 bits per heavy atom. The Balaban J connectivity index is 1.62. The summed E-state index contributed by atoms with van der Waals surface area (Å²) in [5, 5.41) is 0.456. The predicted octanol–water partition coefficient (Wildman–Crippen LogP) is 4.85. The van der Waals surface area contributed by atoms with Gasteiger partial charge in [0, 0.05) is 6.42 Å². The fraction of sp³-hybridized carbons (Fsp3) is 0.231. The Morgan fingerprint density at radius 2 is 1.49 bits per heavy atom. The lowest BCUT2D eigenvalue weighted by Gasteiger charge is -2.20. The van der Waals surface area contributed by atoms with Gasteiger partial charge in [-0.3, -0.25) is 9.69 Å². The molecular formula is C26H26N2O5S2. The first kappa shape index (κ1) is 24.7. The van der Waals surface area contributed by atoms with Crippen LogP contribution in [0, 0.1) is 0 Å². The number of amides is 1. The van der Waals surface area contributed by atoms with Gasteiger partial charge < -0.3 is 9.47 Å². The molecule has 1 heterocycles. The van der Waals surface area contributed by atoms with Gasteiger partial charge in [0.2, 0.25) is 5.91 Å². The minimum absolute atomic E-state index is 0.102. The molecule has 0 atom stereocenters. The minimum Gasteiger partial charge on any atom is -0.495 e. The van der Waals surface area contributed by atoms with Gasteiger partial charge in [-0.1, -0.05) is 72.0 Å². The van der Waals surface area contributed by atoms with Crippen LogP contribution in [0.2, 0.25) is 0 Å². The number of rotatable bonds is 10. The van der Waals surface area contributed by atoms with Gasteiger partial charge in [-0.2, -0.15) is 0 Å². The quantitative estimate of drug-likeness (QED) is 0.303. The number of hydrogen-bond acceptors (Lipinski definition) is 7. The summed E-state index contributed by atoms with van der Waals surface area (Å²) in [6.07, 6.45) is -0.147. The number of carbonyl (C=O) groups is 1. The first-order valence-corrected chi connectivity index (χ1v) is 13.6. The molecule has 4 aromatic rings. The van der Waals surface area contributed by atoms with E-state index in [1.165, 1.54) is 16.2 Å². The van der Waals surface area contributed by atoms with E-state index in [1.807, 2.05) is 36.4 Å². The highest BCUT2D eigenvalue weighted by Gasteiger charge is 2.24. The lowest BCUT2D eigenvalue weighted by Crippen LogP contribution is -2.31. The van der Waals surface area contributed by atoms with Gasteiger partial charge in [0.25, 0.3) is 0 Å². The van der Waals surface area contributed by atoms with E-state index in [1.54, 1.807) is 50.6 Å². The number of benzene rings is 3. The van der Waals surface area contributed by atoms with Crippen molar-refractivity contribution >= 4 is 42.4 Å². The summed E-state index contributed by atoms with van der Waals surface area (Å²) in [5.41, 5.74) is 2.20. The lowest BCUT2D eigenvalue weighted by molar-refractivity contribution is -0.118. The van der Waals surface area contributed by atoms with Crippen molar-refractivity contribution < 1.29 is 22.7 Å². The van der Waals surface area contributed by atoms with Crippen molar-refractivity contribution in [3.05, 3.63) is 83.9 Å². The van der Waals surface area contributed by atoms with Crippen LogP contribution in [0.15, 0.2) is 72.8 Å². The molecule has 0 aliphatic rings. The normalized spacial score (nSPS) is 11.4.